The van der Waals surface area contributed by atoms with Gasteiger partial charge in [-0.1, -0.05) is 13.8 Å². The highest BCUT2D eigenvalue weighted by Crippen LogP contribution is 2.37. The van der Waals surface area contributed by atoms with E-state index in [0.717, 1.165) is 35.3 Å². The van der Waals surface area contributed by atoms with Crippen LogP contribution in [0.3, 0.4) is 0 Å². The Morgan fingerprint density at radius 2 is 2.27 bits per heavy atom. The van der Waals surface area contributed by atoms with E-state index in [1.54, 1.807) is 7.11 Å². The van der Waals surface area contributed by atoms with E-state index in [2.05, 4.69) is 12.2 Å². The van der Waals surface area contributed by atoms with Gasteiger partial charge < -0.3 is 19.9 Å². The lowest BCUT2D eigenvalue weighted by atomic mass is 9.92. The number of rotatable bonds is 6. The van der Waals surface area contributed by atoms with Crippen molar-refractivity contribution in [1.29, 1.82) is 0 Å². The Kier molecular flexibility index (Phi) is 5.80. The quantitative estimate of drug-likeness (QED) is 0.846. The number of benzene rings is 1. The first-order valence-electron chi connectivity index (χ1n) is 7.86. The average Bonchev–Trinajstić information content (AvgIpc) is 2.54. The van der Waals surface area contributed by atoms with Crippen molar-refractivity contribution >= 4 is 5.91 Å². The van der Waals surface area contributed by atoms with Crippen molar-refractivity contribution in [3.63, 3.8) is 0 Å². The smallest absolute Gasteiger partial charge is 0.220 e. The molecule has 0 spiro atoms. The van der Waals surface area contributed by atoms with Crippen molar-refractivity contribution in [3.05, 3.63) is 28.8 Å². The van der Waals surface area contributed by atoms with Gasteiger partial charge in [-0.2, -0.15) is 0 Å². The number of carbonyl (C=O) groups excluding carboxylic acids is 1. The molecule has 1 aliphatic rings. The molecule has 2 atom stereocenters. The van der Waals surface area contributed by atoms with Crippen LogP contribution in [0.4, 0.5) is 0 Å². The van der Waals surface area contributed by atoms with E-state index in [1.807, 2.05) is 19.1 Å². The maximum atomic E-state index is 11.7. The zero-order valence-corrected chi connectivity index (χ0v) is 13.5. The fourth-order valence-corrected chi connectivity index (χ4v) is 2.76. The van der Waals surface area contributed by atoms with E-state index in [1.165, 1.54) is 0 Å². The molecule has 1 amide bonds. The van der Waals surface area contributed by atoms with E-state index in [9.17, 15) is 9.90 Å². The fraction of sp³-hybridized carbons (Fsp3) is 0.588. The molecule has 5 heteroatoms. The van der Waals surface area contributed by atoms with Gasteiger partial charge in [0, 0.05) is 25.5 Å². The number of nitrogens with one attached hydrogen (secondary N) is 1. The largest absolute Gasteiger partial charge is 0.493 e. The van der Waals surface area contributed by atoms with Crippen LogP contribution in [0.1, 0.15) is 55.5 Å². The first kappa shape index (κ1) is 16.8. The summed E-state index contributed by atoms with van der Waals surface area (Å²) in [6.45, 7) is 4.73. The predicted molar refractivity (Wildman–Crippen MR) is 83.9 cm³/mol. The number of aliphatic hydroxyl groups is 1. The van der Waals surface area contributed by atoms with Crippen molar-refractivity contribution in [2.24, 2.45) is 0 Å². The summed E-state index contributed by atoms with van der Waals surface area (Å²) < 4.78 is 10.9. The fourth-order valence-electron chi connectivity index (χ4n) is 2.76. The number of carbonyl (C=O) groups is 1. The van der Waals surface area contributed by atoms with Crippen LogP contribution in [0, 0.1) is 0 Å². The molecule has 1 heterocycles. The first-order chi connectivity index (χ1) is 10.6. The summed E-state index contributed by atoms with van der Waals surface area (Å²) >= 11 is 0. The molecule has 0 bridgehead atoms. The van der Waals surface area contributed by atoms with Crippen molar-refractivity contribution in [2.75, 3.05) is 20.3 Å². The molecule has 2 N–H and O–H groups in total. The van der Waals surface area contributed by atoms with E-state index in [-0.39, 0.29) is 18.6 Å². The van der Waals surface area contributed by atoms with Crippen molar-refractivity contribution in [2.45, 2.75) is 45.3 Å². The molecule has 2 unspecified atom stereocenters. The number of ether oxygens (including phenoxy) is 2. The highest BCUT2D eigenvalue weighted by molar-refractivity contribution is 5.76. The molecule has 0 saturated carbocycles. The lowest BCUT2D eigenvalue weighted by molar-refractivity contribution is -0.121. The zero-order chi connectivity index (χ0) is 16.1. The molecule has 22 heavy (non-hydrogen) atoms. The number of fused-ring (bicyclic) bond motifs is 1. The molecule has 0 radical (unpaired) electrons. The number of aryl methyl sites for hydroxylation is 1. The summed E-state index contributed by atoms with van der Waals surface area (Å²) in [5.41, 5.74) is 2.81. The molecule has 0 aliphatic carbocycles. The second-order valence-corrected chi connectivity index (χ2v) is 5.53. The van der Waals surface area contributed by atoms with Crippen molar-refractivity contribution in [1.82, 2.24) is 5.32 Å². The van der Waals surface area contributed by atoms with Gasteiger partial charge in [-0.15, -0.1) is 0 Å². The topological polar surface area (TPSA) is 67.8 Å². The van der Waals surface area contributed by atoms with Crippen molar-refractivity contribution < 1.29 is 19.4 Å². The van der Waals surface area contributed by atoms with Gasteiger partial charge in [-0.25, -0.2) is 0 Å². The molecule has 0 saturated heterocycles. The van der Waals surface area contributed by atoms with Gasteiger partial charge >= 0.3 is 0 Å². The summed E-state index contributed by atoms with van der Waals surface area (Å²) in [5, 5.41) is 13.2. The number of hydrogen-bond donors (Lipinski definition) is 2. The van der Waals surface area contributed by atoms with Crippen LogP contribution in [-0.2, 0) is 16.0 Å². The molecule has 122 valence electrons. The van der Waals surface area contributed by atoms with Crippen LogP contribution < -0.4 is 10.1 Å². The summed E-state index contributed by atoms with van der Waals surface area (Å²) in [6.07, 6.45) is 1.33. The number of amides is 1. The van der Waals surface area contributed by atoms with E-state index >= 15 is 0 Å². The molecule has 1 aromatic carbocycles. The van der Waals surface area contributed by atoms with E-state index in [4.69, 9.17) is 9.47 Å². The standard InChI is InChI=1S/C17H25NO4/c1-4-11-8-12(15(19)10-21-3)9-13-14(18-16(20)5-2)6-7-22-17(11)13/h8-9,14-15,19H,4-7,10H2,1-3H3,(H,18,20). The lowest BCUT2D eigenvalue weighted by Crippen LogP contribution is -2.32. The molecule has 2 rings (SSSR count). The summed E-state index contributed by atoms with van der Waals surface area (Å²) in [4.78, 5) is 11.7. The van der Waals surface area contributed by atoms with Crippen LogP contribution in [0.5, 0.6) is 5.75 Å². The van der Waals surface area contributed by atoms with E-state index in [0.29, 0.717) is 13.0 Å². The number of hydrogen-bond acceptors (Lipinski definition) is 4. The average molecular weight is 307 g/mol. The molecule has 1 aromatic rings. The Hall–Kier alpha value is -1.59. The minimum Gasteiger partial charge on any atom is -0.493 e. The Bertz CT molecular complexity index is 530. The third-order valence-electron chi connectivity index (χ3n) is 3.99. The molecule has 0 aromatic heterocycles. The van der Waals surface area contributed by atoms with Crippen LogP contribution >= 0.6 is 0 Å². The molecule has 5 nitrogen and oxygen atoms in total. The number of aliphatic hydroxyl groups excluding tert-OH is 1. The maximum absolute atomic E-state index is 11.7. The van der Waals surface area contributed by atoms with Gasteiger partial charge in [0.05, 0.1) is 19.3 Å². The first-order valence-corrected chi connectivity index (χ1v) is 7.86. The molecular formula is C17H25NO4. The van der Waals surface area contributed by atoms with Crippen LogP contribution in [0.2, 0.25) is 0 Å². The van der Waals surface area contributed by atoms with Gasteiger partial charge in [0.15, 0.2) is 0 Å². The SMILES string of the molecule is CCC(=O)NC1CCOc2c(CC)cc(C(O)COC)cc21. The molecule has 0 fully saturated rings. The zero-order valence-electron chi connectivity index (χ0n) is 13.5. The third kappa shape index (κ3) is 3.59. The minimum absolute atomic E-state index is 0.0266. The summed E-state index contributed by atoms with van der Waals surface area (Å²) in [5.74, 6) is 0.877. The summed E-state index contributed by atoms with van der Waals surface area (Å²) in [6, 6.07) is 3.83. The van der Waals surface area contributed by atoms with Gasteiger partial charge in [-0.05, 0) is 29.7 Å². The second-order valence-electron chi connectivity index (χ2n) is 5.53. The highest BCUT2D eigenvalue weighted by atomic mass is 16.5. The van der Waals surface area contributed by atoms with E-state index < -0.39 is 6.10 Å². The van der Waals surface area contributed by atoms with Crippen molar-refractivity contribution in [3.8, 4) is 5.75 Å². The Morgan fingerprint density at radius 3 is 2.91 bits per heavy atom. The lowest BCUT2D eigenvalue weighted by Gasteiger charge is -2.29. The summed E-state index contributed by atoms with van der Waals surface area (Å²) in [7, 11) is 1.57. The maximum Gasteiger partial charge on any atom is 0.220 e. The number of methoxy groups -OCH3 is 1. The monoisotopic (exact) mass is 307 g/mol. The molecule has 1 aliphatic heterocycles. The van der Waals surface area contributed by atoms with Gasteiger partial charge in [0.25, 0.3) is 0 Å². The van der Waals surface area contributed by atoms with Gasteiger partial charge in [0.2, 0.25) is 5.91 Å². The Labute approximate surface area is 131 Å². The Balaban J connectivity index is 2.39. The molecular weight excluding hydrogens is 282 g/mol. The third-order valence-corrected chi connectivity index (χ3v) is 3.99. The van der Waals surface area contributed by atoms with Crippen LogP contribution in [0.25, 0.3) is 0 Å². The van der Waals surface area contributed by atoms with Crippen LogP contribution in [0.15, 0.2) is 12.1 Å². The second kappa shape index (κ2) is 7.61. The highest BCUT2D eigenvalue weighted by Gasteiger charge is 2.26. The van der Waals surface area contributed by atoms with Gasteiger partial charge in [-0.3, -0.25) is 4.79 Å². The minimum atomic E-state index is -0.676. The van der Waals surface area contributed by atoms with Gasteiger partial charge in [0.1, 0.15) is 11.9 Å². The predicted octanol–water partition coefficient (Wildman–Crippen LogP) is 2.28. The Morgan fingerprint density at radius 1 is 1.50 bits per heavy atom. The van der Waals surface area contributed by atoms with Crippen LogP contribution in [-0.4, -0.2) is 31.3 Å². The normalized spacial score (nSPS) is 18.3.